The number of ether oxygens (including phenoxy) is 1. The molecule has 7 nitrogen and oxygen atoms in total. The molecule has 0 radical (unpaired) electrons. The number of benzene rings is 1. The maximum atomic E-state index is 13.2. The highest BCUT2D eigenvalue weighted by Gasteiger charge is 2.32. The molecule has 168 valence electrons. The minimum atomic E-state index is -3.85. The fourth-order valence-corrected chi connectivity index (χ4v) is 6.02. The third kappa shape index (κ3) is 5.11. The minimum Gasteiger partial charge on any atom is -0.379 e. The van der Waals surface area contributed by atoms with Crippen LogP contribution in [0.25, 0.3) is 0 Å². The first-order valence-electron chi connectivity index (χ1n) is 10.1. The average molecular weight is 478 g/mol. The zero-order valence-corrected chi connectivity index (χ0v) is 20.0. The van der Waals surface area contributed by atoms with E-state index in [1.54, 1.807) is 4.90 Å². The summed E-state index contributed by atoms with van der Waals surface area (Å²) < 4.78 is 32.7. The lowest BCUT2D eigenvalue weighted by molar-refractivity contribution is 0.0729. The summed E-state index contributed by atoms with van der Waals surface area (Å²) in [5, 5.41) is 0.167. The van der Waals surface area contributed by atoms with Gasteiger partial charge < -0.3 is 9.64 Å². The molecule has 10 heteroatoms. The number of hydrogen-bond acceptors (Lipinski definition) is 5. The van der Waals surface area contributed by atoms with E-state index in [4.69, 9.17) is 27.9 Å². The highest BCUT2D eigenvalue weighted by atomic mass is 35.5. The molecule has 3 rings (SSSR count). The summed E-state index contributed by atoms with van der Waals surface area (Å²) in [5.41, 5.74) is 0.188. The maximum absolute atomic E-state index is 13.2. The molecule has 2 fully saturated rings. The normalized spacial score (nSPS) is 20.2. The second-order valence-electron chi connectivity index (χ2n) is 8.58. The number of carbonyl (C=O) groups excluding carboxylic acids is 1. The SMILES string of the molecule is CC(C)(C)N1CCCN(C(=O)c2cc(S(=O)(=O)N3CCOCC3)c(Cl)cc2Cl)CC1. The van der Waals surface area contributed by atoms with Crippen LogP contribution in [0.5, 0.6) is 0 Å². The van der Waals surface area contributed by atoms with E-state index in [9.17, 15) is 13.2 Å². The van der Waals surface area contributed by atoms with Gasteiger partial charge >= 0.3 is 0 Å². The Bertz CT molecular complexity index is 896. The molecule has 1 aromatic rings. The van der Waals surface area contributed by atoms with Crippen molar-refractivity contribution in [2.24, 2.45) is 0 Å². The van der Waals surface area contributed by atoms with Crippen LogP contribution in [-0.2, 0) is 14.8 Å². The second-order valence-corrected chi connectivity index (χ2v) is 11.3. The molecule has 1 aromatic carbocycles. The van der Waals surface area contributed by atoms with Crippen LogP contribution in [-0.4, -0.2) is 86.5 Å². The molecule has 2 aliphatic heterocycles. The van der Waals surface area contributed by atoms with Gasteiger partial charge in [-0.25, -0.2) is 8.42 Å². The number of halogens is 2. The van der Waals surface area contributed by atoms with Crippen LogP contribution in [0.1, 0.15) is 37.6 Å². The summed E-state index contributed by atoms with van der Waals surface area (Å²) in [4.78, 5) is 17.2. The molecule has 0 spiro atoms. The van der Waals surface area contributed by atoms with Gasteiger partial charge in [0.25, 0.3) is 5.91 Å². The summed E-state index contributed by atoms with van der Waals surface area (Å²) in [6, 6.07) is 2.67. The van der Waals surface area contributed by atoms with Crippen molar-refractivity contribution in [3.05, 3.63) is 27.7 Å². The van der Waals surface area contributed by atoms with E-state index in [0.29, 0.717) is 26.3 Å². The Morgan fingerprint density at radius 2 is 1.63 bits per heavy atom. The van der Waals surface area contributed by atoms with Crippen molar-refractivity contribution in [1.82, 2.24) is 14.1 Å². The van der Waals surface area contributed by atoms with Gasteiger partial charge in [-0.2, -0.15) is 4.31 Å². The Kier molecular flexibility index (Phi) is 7.37. The lowest BCUT2D eigenvalue weighted by Crippen LogP contribution is -2.44. The Morgan fingerprint density at radius 1 is 0.967 bits per heavy atom. The fraction of sp³-hybridized carbons (Fsp3) is 0.650. The van der Waals surface area contributed by atoms with Crippen molar-refractivity contribution in [3.8, 4) is 0 Å². The van der Waals surface area contributed by atoms with E-state index in [2.05, 4.69) is 25.7 Å². The van der Waals surface area contributed by atoms with E-state index in [0.717, 1.165) is 19.5 Å². The molecular weight excluding hydrogens is 449 g/mol. The molecule has 0 bridgehead atoms. The number of rotatable bonds is 3. The van der Waals surface area contributed by atoms with Gasteiger partial charge in [0.1, 0.15) is 4.90 Å². The first kappa shape index (κ1) is 23.8. The van der Waals surface area contributed by atoms with Crippen LogP contribution in [0.3, 0.4) is 0 Å². The lowest BCUT2D eigenvalue weighted by atomic mass is 10.1. The third-order valence-electron chi connectivity index (χ3n) is 5.57. The zero-order chi connectivity index (χ0) is 22.1. The molecule has 0 aliphatic carbocycles. The van der Waals surface area contributed by atoms with E-state index in [-0.39, 0.29) is 45.0 Å². The Labute approximate surface area is 188 Å². The lowest BCUT2D eigenvalue weighted by Gasteiger charge is -2.34. The molecular formula is C20H29Cl2N3O4S. The Hall–Kier alpha value is -0.900. The number of sulfonamides is 1. The maximum Gasteiger partial charge on any atom is 0.255 e. The van der Waals surface area contributed by atoms with E-state index >= 15 is 0 Å². The van der Waals surface area contributed by atoms with Crippen molar-refractivity contribution in [2.45, 2.75) is 37.6 Å². The summed E-state index contributed by atoms with van der Waals surface area (Å²) in [6.45, 7) is 10.4. The Morgan fingerprint density at radius 3 is 2.27 bits per heavy atom. The summed E-state index contributed by atoms with van der Waals surface area (Å²) in [5.74, 6) is -0.272. The monoisotopic (exact) mass is 477 g/mol. The number of amides is 1. The minimum absolute atomic E-state index is 0.0119. The molecule has 2 heterocycles. The van der Waals surface area contributed by atoms with Crippen LogP contribution < -0.4 is 0 Å². The van der Waals surface area contributed by atoms with Gasteiger partial charge in [-0.05, 0) is 39.3 Å². The average Bonchev–Trinajstić information content (AvgIpc) is 2.94. The summed E-state index contributed by atoms with van der Waals surface area (Å²) in [7, 11) is -3.85. The molecule has 0 aromatic heterocycles. The fourth-order valence-electron chi connectivity index (χ4n) is 3.78. The predicted molar refractivity (Wildman–Crippen MR) is 118 cm³/mol. The van der Waals surface area contributed by atoms with Crippen LogP contribution in [0, 0.1) is 0 Å². The molecule has 0 atom stereocenters. The number of morpholine rings is 1. The number of carbonyl (C=O) groups is 1. The van der Waals surface area contributed by atoms with Crippen molar-refractivity contribution >= 4 is 39.1 Å². The van der Waals surface area contributed by atoms with Crippen molar-refractivity contribution < 1.29 is 17.9 Å². The van der Waals surface area contributed by atoms with Gasteiger partial charge in [0.15, 0.2) is 0 Å². The third-order valence-corrected chi connectivity index (χ3v) is 8.25. The first-order chi connectivity index (χ1) is 14.0. The van der Waals surface area contributed by atoms with Gasteiger partial charge in [-0.1, -0.05) is 23.2 Å². The quantitative estimate of drug-likeness (QED) is 0.668. The first-order valence-corrected chi connectivity index (χ1v) is 12.3. The smallest absolute Gasteiger partial charge is 0.255 e. The molecule has 0 N–H and O–H groups in total. The van der Waals surface area contributed by atoms with Crippen LogP contribution >= 0.6 is 23.2 Å². The van der Waals surface area contributed by atoms with Crippen molar-refractivity contribution in [1.29, 1.82) is 0 Å². The Balaban J connectivity index is 1.87. The molecule has 0 saturated carbocycles. The molecule has 2 saturated heterocycles. The van der Waals surface area contributed by atoms with Crippen LogP contribution in [0.15, 0.2) is 17.0 Å². The molecule has 2 aliphatic rings. The van der Waals surface area contributed by atoms with Gasteiger partial charge in [0.05, 0.1) is 28.8 Å². The van der Waals surface area contributed by atoms with Crippen LogP contribution in [0.4, 0.5) is 0 Å². The van der Waals surface area contributed by atoms with Crippen molar-refractivity contribution in [2.75, 3.05) is 52.5 Å². The molecule has 1 amide bonds. The molecule has 30 heavy (non-hydrogen) atoms. The number of nitrogens with zero attached hydrogens (tertiary/aromatic N) is 3. The van der Waals surface area contributed by atoms with Gasteiger partial charge in [-0.15, -0.1) is 0 Å². The predicted octanol–water partition coefficient (Wildman–Crippen LogP) is 2.96. The zero-order valence-electron chi connectivity index (χ0n) is 17.7. The van der Waals surface area contributed by atoms with Gasteiger partial charge in [0.2, 0.25) is 10.0 Å². The standard InChI is InChI=1S/C20H29Cl2N3O4S/c1-20(2,3)24-6-4-5-23(7-8-24)19(26)15-13-18(17(22)14-16(15)21)30(27,28)25-9-11-29-12-10-25/h13-14H,4-12H2,1-3H3. The van der Waals surface area contributed by atoms with E-state index in [1.807, 2.05) is 0 Å². The molecule has 0 unspecified atom stereocenters. The highest BCUT2D eigenvalue weighted by Crippen LogP contribution is 2.32. The van der Waals surface area contributed by atoms with Crippen molar-refractivity contribution in [3.63, 3.8) is 0 Å². The van der Waals surface area contributed by atoms with E-state index < -0.39 is 10.0 Å². The van der Waals surface area contributed by atoms with Crippen LogP contribution in [0.2, 0.25) is 10.0 Å². The summed E-state index contributed by atoms with van der Waals surface area (Å²) >= 11 is 12.6. The highest BCUT2D eigenvalue weighted by molar-refractivity contribution is 7.89. The van der Waals surface area contributed by atoms with Gasteiger partial charge in [0, 0.05) is 44.8 Å². The van der Waals surface area contributed by atoms with Gasteiger partial charge in [-0.3, -0.25) is 9.69 Å². The second kappa shape index (κ2) is 9.30. The van der Waals surface area contributed by atoms with E-state index in [1.165, 1.54) is 16.4 Å². The number of hydrogen-bond donors (Lipinski definition) is 0. The topological polar surface area (TPSA) is 70.2 Å². The largest absolute Gasteiger partial charge is 0.379 e. The summed E-state index contributed by atoms with van der Waals surface area (Å²) in [6.07, 6.45) is 0.840.